The minimum absolute atomic E-state index is 0.103. The Bertz CT molecular complexity index is 801. The van der Waals surface area contributed by atoms with Crippen LogP contribution in [0.25, 0.3) is 0 Å². The zero-order valence-corrected chi connectivity index (χ0v) is 15.8. The maximum absolute atomic E-state index is 12.1. The van der Waals surface area contributed by atoms with Crippen LogP contribution in [0.5, 0.6) is 17.2 Å². The third kappa shape index (κ3) is 4.97. The Balaban J connectivity index is 1.99. The SMILES string of the molecule is COc1ccc(NC(=S)NNC(=O)c2cc(Br)ccc2O)c(OC)c1. The first-order valence-electron chi connectivity index (χ1n) is 7.02. The van der Waals surface area contributed by atoms with Crippen LogP contribution < -0.4 is 25.6 Å². The van der Waals surface area contributed by atoms with Crippen molar-refractivity contribution in [2.45, 2.75) is 0 Å². The van der Waals surface area contributed by atoms with Crippen LogP contribution in [0.4, 0.5) is 5.69 Å². The van der Waals surface area contributed by atoms with Gasteiger partial charge in [-0.05, 0) is 42.5 Å². The average Bonchev–Trinajstić information content (AvgIpc) is 2.62. The highest BCUT2D eigenvalue weighted by Crippen LogP contribution is 2.28. The van der Waals surface area contributed by atoms with Gasteiger partial charge in [-0.1, -0.05) is 15.9 Å². The van der Waals surface area contributed by atoms with Crippen molar-refractivity contribution in [1.82, 2.24) is 10.9 Å². The third-order valence-corrected chi connectivity index (χ3v) is 3.85. The number of carbonyl (C=O) groups is 1. The van der Waals surface area contributed by atoms with Gasteiger partial charge in [0.15, 0.2) is 5.11 Å². The van der Waals surface area contributed by atoms with Crippen LogP contribution in [0.3, 0.4) is 0 Å². The Kier molecular flexibility index (Phi) is 6.43. The number of anilines is 1. The van der Waals surface area contributed by atoms with Gasteiger partial charge in [0, 0.05) is 10.5 Å². The number of amides is 1. The van der Waals surface area contributed by atoms with Crippen molar-refractivity contribution in [1.29, 1.82) is 0 Å². The highest BCUT2D eigenvalue weighted by Gasteiger charge is 2.12. The molecule has 0 aliphatic heterocycles. The van der Waals surface area contributed by atoms with Gasteiger partial charge in [0.25, 0.3) is 5.91 Å². The molecule has 0 bridgehead atoms. The van der Waals surface area contributed by atoms with E-state index in [0.29, 0.717) is 21.7 Å². The second-order valence-electron chi connectivity index (χ2n) is 4.76. The molecule has 0 saturated heterocycles. The van der Waals surface area contributed by atoms with Crippen LogP contribution >= 0.6 is 28.1 Å². The van der Waals surface area contributed by atoms with Gasteiger partial charge in [-0.3, -0.25) is 15.6 Å². The molecule has 0 unspecified atom stereocenters. The van der Waals surface area contributed by atoms with Crippen LogP contribution in [0.2, 0.25) is 0 Å². The molecule has 2 rings (SSSR count). The molecule has 7 nitrogen and oxygen atoms in total. The number of phenols is 1. The molecule has 0 atom stereocenters. The minimum atomic E-state index is -0.537. The molecule has 0 saturated carbocycles. The summed E-state index contributed by atoms with van der Waals surface area (Å²) < 4.78 is 11.0. The summed E-state index contributed by atoms with van der Waals surface area (Å²) in [5, 5.41) is 12.8. The molecule has 132 valence electrons. The molecule has 25 heavy (non-hydrogen) atoms. The fourth-order valence-electron chi connectivity index (χ4n) is 1.93. The topological polar surface area (TPSA) is 91.9 Å². The summed E-state index contributed by atoms with van der Waals surface area (Å²) in [6.07, 6.45) is 0. The van der Waals surface area contributed by atoms with Crippen molar-refractivity contribution in [2.24, 2.45) is 0 Å². The van der Waals surface area contributed by atoms with E-state index in [9.17, 15) is 9.90 Å². The number of rotatable bonds is 4. The molecule has 0 spiro atoms. The first kappa shape index (κ1) is 18.8. The molecule has 1 amide bonds. The first-order valence-corrected chi connectivity index (χ1v) is 8.22. The number of carbonyl (C=O) groups excluding carboxylic acids is 1. The molecule has 0 aromatic heterocycles. The van der Waals surface area contributed by atoms with E-state index in [2.05, 4.69) is 32.1 Å². The Labute approximate surface area is 158 Å². The lowest BCUT2D eigenvalue weighted by molar-refractivity contribution is 0.0941. The second-order valence-corrected chi connectivity index (χ2v) is 6.08. The van der Waals surface area contributed by atoms with Crippen molar-refractivity contribution in [3.05, 3.63) is 46.4 Å². The number of aromatic hydroxyl groups is 1. The van der Waals surface area contributed by atoms with E-state index >= 15 is 0 Å². The van der Waals surface area contributed by atoms with Crippen molar-refractivity contribution in [3.8, 4) is 17.2 Å². The monoisotopic (exact) mass is 425 g/mol. The maximum atomic E-state index is 12.1. The van der Waals surface area contributed by atoms with E-state index in [-0.39, 0.29) is 16.4 Å². The van der Waals surface area contributed by atoms with Crippen LogP contribution in [-0.4, -0.2) is 30.3 Å². The Morgan fingerprint density at radius 3 is 2.56 bits per heavy atom. The summed E-state index contributed by atoms with van der Waals surface area (Å²) in [5.74, 6) is 0.488. The second kappa shape index (κ2) is 8.54. The van der Waals surface area contributed by atoms with Gasteiger partial charge < -0.3 is 19.9 Å². The highest BCUT2D eigenvalue weighted by atomic mass is 79.9. The Morgan fingerprint density at radius 2 is 1.88 bits per heavy atom. The van der Waals surface area contributed by atoms with Crippen LogP contribution in [0.1, 0.15) is 10.4 Å². The summed E-state index contributed by atoms with van der Waals surface area (Å²) in [4.78, 5) is 12.1. The van der Waals surface area contributed by atoms with Crippen molar-refractivity contribution in [3.63, 3.8) is 0 Å². The minimum Gasteiger partial charge on any atom is -0.507 e. The molecule has 0 aliphatic rings. The Hall–Kier alpha value is -2.52. The predicted molar refractivity (Wildman–Crippen MR) is 102 cm³/mol. The fourth-order valence-corrected chi connectivity index (χ4v) is 2.45. The zero-order chi connectivity index (χ0) is 18.4. The lowest BCUT2D eigenvalue weighted by Gasteiger charge is -2.15. The van der Waals surface area contributed by atoms with E-state index in [4.69, 9.17) is 21.7 Å². The third-order valence-electron chi connectivity index (χ3n) is 3.15. The maximum Gasteiger partial charge on any atom is 0.273 e. The molecule has 4 N–H and O–H groups in total. The van der Waals surface area contributed by atoms with Gasteiger partial charge >= 0.3 is 0 Å². The summed E-state index contributed by atoms with van der Waals surface area (Å²) >= 11 is 8.38. The summed E-state index contributed by atoms with van der Waals surface area (Å²) in [5.41, 5.74) is 5.67. The molecule has 0 aliphatic carbocycles. The van der Waals surface area contributed by atoms with Crippen molar-refractivity contribution < 1.29 is 19.4 Å². The molecule has 9 heteroatoms. The van der Waals surface area contributed by atoms with E-state index in [1.165, 1.54) is 19.2 Å². The van der Waals surface area contributed by atoms with Crippen LogP contribution in [-0.2, 0) is 0 Å². The summed E-state index contributed by atoms with van der Waals surface area (Å²) in [7, 11) is 3.08. The number of hydrazine groups is 1. The number of ether oxygens (including phenoxy) is 2. The fraction of sp³-hybridized carbons (Fsp3) is 0.125. The molecule has 2 aromatic carbocycles. The van der Waals surface area contributed by atoms with Gasteiger partial charge in [0.1, 0.15) is 17.2 Å². The normalized spacial score (nSPS) is 9.88. The van der Waals surface area contributed by atoms with Gasteiger partial charge in [0.2, 0.25) is 0 Å². The molecular formula is C16H16BrN3O4S. The first-order chi connectivity index (χ1) is 11.9. The van der Waals surface area contributed by atoms with Crippen molar-refractivity contribution in [2.75, 3.05) is 19.5 Å². The van der Waals surface area contributed by atoms with Gasteiger partial charge in [-0.25, -0.2) is 0 Å². The summed E-state index contributed by atoms with van der Waals surface area (Å²) in [6.45, 7) is 0. The Morgan fingerprint density at radius 1 is 1.12 bits per heavy atom. The van der Waals surface area contributed by atoms with Crippen LogP contribution in [0, 0.1) is 0 Å². The number of halogens is 1. The molecule has 0 radical (unpaired) electrons. The quantitative estimate of drug-likeness (QED) is 0.442. The highest BCUT2D eigenvalue weighted by molar-refractivity contribution is 9.10. The molecular weight excluding hydrogens is 410 g/mol. The number of hydrogen-bond acceptors (Lipinski definition) is 5. The number of benzene rings is 2. The van der Waals surface area contributed by atoms with E-state index in [1.807, 2.05) is 0 Å². The number of methoxy groups -OCH3 is 2. The van der Waals surface area contributed by atoms with E-state index in [0.717, 1.165) is 0 Å². The standard InChI is InChI=1S/C16H16BrN3O4S/c1-23-10-4-5-12(14(8-10)24-2)18-16(25)20-19-15(22)11-7-9(17)3-6-13(11)21/h3-8,21H,1-2H3,(H,19,22)(H2,18,20,25). The summed E-state index contributed by atoms with van der Waals surface area (Å²) in [6, 6.07) is 9.71. The number of phenolic OH excluding ortho intramolecular Hbond substituents is 1. The largest absolute Gasteiger partial charge is 0.507 e. The lowest BCUT2D eigenvalue weighted by Crippen LogP contribution is -2.43. The number of thiocarbonyl (C=S) groups is 1. The van der Waals surface area contributed by atoms with Crippen molar-refractivity contribution >= 4 is 44.9 Å². The smallest absolute Gasteiger partial charge is 0.273 e. The van der Waals surface area contributed by atoms with Gasteiger partial charge in [-0.15, -0.1) is 0 Å². The van der Waals surface area contributed by atoms with E-state index < -0.39 is 5.91 Å². The van der Waals surface area contributed by atoms with Gasteiger partial charge in [-0.2, -0.15) is 0 Å². The van der Waals surface area contributed by atoms with Crippen LogP contribution in [0.15, 0.2) is 40.9 Å². The molecule has 0 fully saturated rings. The van der Waals surface area contributed by atoms with Gasteiger partial charge in [0.05, 0.1) is 25.5 Å². The predicted octanol–water partition coefficient (Wildman–Crippen LogP) is 2.80. The number of hydrogen-bond donors (Lipinski definition) is 4. The van der Waals surface area contributed by atoms with E-state index in [1.54, 1.807) is 31.4 Å². The molecule has 2 aromatic rings. The molecule has 0 heterocycles. The number of nitrogens with one attached hydrogen (secondary N) is 3. The zero-order valence-electron chi connectivity index (χ0n) is 13.4. The lowest BCUT2D eigenvalue weighted by atomic mass is 10.2. The average molecular weight is 426 g/mol.